The van der Waals surface area contributed by atoms with Gasteiger partial charge in [0.05, 0.1) is 6.10 Å². The molecule has 0 spiro atoms. The van der Waals surface area contributed by atoms with Crippen molar-refractivity contribution in [2.24, 2.45) is 0 Å². The molecule has 0 aliphatic heterocycles. The number of unbranched alkanes of at least 4 members (excludes halogenated alkanes) is 4. The zero-order chi connectivity index (χ0) is 14.8. The number of nitrogens with one attached hydrogen (secondary N) is 1. The van der Waals surface area contributed by atoms with Crippen molar-refractivity contribution in [2.75, 3.05) is 7.05 Å². The Kier molecular flexibility index (Phi) is 8.36. The second-order valence-corrected chi connectivity index (χ2v) is 5.75. The van der Waals surface area contributed by atoms with Crippen LogP contribution in [0, 0.1) is 0 Å². The third-order valence-electron chi connectivity index (χ3n) is 3.60. The molecule has 1 unspecified atom stereocenters. The van der Waals surface area contributed by atoms with Crippen LogP contribution in [0.25, 0.3) is 0 Å². The van der Waals surface area contributed by atoms with E-state index in [1.54, 1.807) is 0 Å². The van der Waals surface area contributed by atoms with E-state index >= 15 is 0 Å². The molecule has 0 amide bonds. The number of benzene rings is 1. The van der Waals surface area contributed by atoms with Crippen LogP contribution in [0.4, 0.5) is 0 Å². The highest BCUT2D eigenvalue weighted by Gasteiger charge is 2.14. The van der Waals surface area contributed by atoms with Gasteiger partial charge in [-0.2, -0.15) is 0 Å². The van der Waals surface area contributed by atoms with Crippen LogP contribution < -0.4 is 10.1 Å². The van der Waals surface area contributed by atoms with Gasteiger partial charge in [0.1, 0.15) is 5.75 Å². The second kappa shape index (κ2) is 9.82. The monoisotopic (exact) mass is 277 g/mol. The summed E-state index contributed by atoms with van der Waals surface area (Å²) < 4.78 is 5.93. The molecule has 0 aliphatic rings. The molecule has 0 radical (unpaired) electrons. The molecule has 0 bridgehead atoms. The fourth-order valence-electron chi connectivity index (χ4n) is 2.54. The Balaban J connectivity index is 2.59. The minimum atomic E-state index is 0.221. The number of rotatable bonds is 10. The molecule has 1 rings (SSSR count). The smallest absolute Gasteiger partial charge is 0.124 e. The van der Waals surface area contributed by atoms with E-state index in [9.17, 15) is 0 Å². The molecule has 0 aliphatic carbocycles. The standard InChI is InChI=1S/C18H31NO/c1-5-6-7-8-9-13-17(19-4)16-12-10-11-14-18(16)20-15(2)3/h10-12,14-15,17,19H,5-9,13H2,1-4H3. The number of ether oxygens (including phenoxy) is 1. The molecule has 0 saturated carbocycles. The van der Waals surface area contributed by atoms with Crippen molar-refractivity contribution >= 4 is 0 Å². The van der Waals surface area contributed by atoms with E-state index in [1.165, 1.54) is 44.1 Å². The Bertz CT molecular complexity index is 362. The van der Waals surface area contributed by atoms with E-state index in [4.69, 9.17) is 4.74 Å². The summed E-state index contributed by atoms with van der Waals surface area (Å²) in [7, 11) is 2.04. The maximum Gasteiger partial charge on any atom is 0.124 e. The molecule has 0 saturated heterocycles. The van der Waals surface area contributed by atoms with E-state index < -0.39 is 0 Å². The van der Waals surface area contributed by atoms with E-state index in [0.29, 0.717) is 6.04 Å². The largest absolute Gasteiger partial charge is 0.491 e. The molecule has 0 fully saturated rings. The minimum Gasteiger partial charge on any atom is -0.491 e. The van der Waals surface area contributed by atoms with Gasteiger partial charge in [-0.1, -0.05) is 57.2 Å². The van der Waals surface area contributed by atoms with Gasteiger partial charge in [0.15, 0.2) is 0 Å². The van der Waals surface area contributed by atoms with Gasteiger partial charge in [-0.05, 0) is 33.4 Å². The SMILES string of the molecule is CCCCCCCC(NC)c1ccccc1OC(C)C. The minimum absolute atomic E-state index is 0.221. The molecule has 2 nitrogen and oxygen atoms in total. The first-order valence-corrected chi connectivity index (χ1v) is 8.11. The summed E-state index contributed by atoms with van der Waals surface area (Å²) in [5.41, 5.74) is 1.29. The molecule has 1 atom stereocenters. The topological polar surface area (TPSA) is 21.3 Å². The molecule has 0 aromatic heterocycles. The fourth-order valence-corrected chi connectivity index (χ4v) is 2.54. The third-order valence-corrected chi connectivity index (χ3v) is 3.60. The Hall–Kier alpha value is -1.02. The van der Waals surface area contributed by atoms with Crippen LogP contribution in [0.5, 0.6) is 5.75 Å². The van der Waals surface area contributed by atoms with Gasteiger partial charge in [0, 0.05) is 11.6 Å². The zero-order valence-corrected chi connectivity index (χ0v) is 13.6. The maximum absolute atomic E-state index is 5.93. The lowest BCUT2D eigenvalue weighted by Crippen LogP contribution is -2.18. The zero-order valence-electron chi connectivity index (χ0n) is 13.6. The fraction of sp³-hybridized carbons (Fsp3) is 0.667. The molecule has 1 aromatic rings. The molecular weight excluding hydrogens is 246 g/mol. The number of para-hydroxylation sites is 1. The maximum atomic E-state index is 5.93. The van der Waals surface area contributed by atoms with E-state index in [0.717, 1.165) is 5.75 Å². The van der Waals surface area contributed by atoms with Crippen molar-refractivity contribution in [1.29, 1.82) is 0 Å². The summed E-state index contributed by atoms with van der Waals surface area (Å²) in [5, 5.41) is 3.44. The molecule has 1 N–H and O–H groups in total. The first kappa shape index (κ1) is 17.0. The summed E-state index contributed by atoms with van der Waals surface area (Å²) in [6.45, 7) is 6.42. The van der Waals surface area contributed by atoms with Crippen LogP contribution in [0.2, 0.25) is 0 Å². The lowest BCUT2D eigenvalue weighted by atomic mass is 9.99. The van der Waals surface area contributed by atoms with Gasteiger partial charge >= 0.3 is 0 Å². The van der Waals surface area contributed by atoms with Crippen LogP contribution in [0.3, 0.4) is 0 Å². The average molecular weight is 277 g/mol. The van der Waals surface area contributed by atoms with Crippen molar-refractivity contribution in [3.8, 4) is 5.75 Å². The Labute approximate surface area is 124 Å². The van der Waals surface area contributed by atoms with Gasteiger partial charge < -0.3 is 10.1 Å². The summed E-state index contributed by atoms with van der Waals surface area (Å²) in [6.07, 6.45) is 8.03. The van der Waals surface area contributed by atoms with Gasteiger partial charge in [-0.25, -0.2) is 0 Å². The Morgan fingerprint density at radius 2 is 1.75 bits per heavy atom. The summed E-state index contributed by atoms with van der Waals surface area (Å²) in [5.74, 6) is 1.02. The highest BCUT2D eigenvalue weighted by Crippen LogP contribution is 2.29. The van der Waals surface area contributed by atoms with Crippen LogP contribution in [0.1, 0.15) is 70.9 Å². The Morgan fingerprint density at radius 1 is 1.05 bits per heavy atom. The Morgan fingerprint density at radius 3 is 2.40 bits per heavy atom. The molecule has 2 heteroatoms. The van der Waals surface area contributed by atoms with Crippen molar-refractivity contribution in [3.05, 3.63) is 29.8 Å². The highest BCUT2D eigenvalue weighted by atomic mass is 16.5. The summed E-state index contributed by atoms with van der Waals surface area (Å²) in [6, 6.07) is 8.81. The van der Waals surface area contributed by atoms with Crippen molar-refractivity contribution in [3.63, 3.8) is 0 Å². The van der Waals surface area contributed by atoms with Crippen LogP contribution in [0.15, 0.2) is 24.3 Å². The van der Waals surface area contributed by atoms with Crippen molar-refractivity contribution < 1.29 is 4.74 Å². The van der Waals surface area contributed by atoms with Crippen molar-refractivity contribution in [2.45, 2.75) is 71.4 Å². The van der Waals surface area contributed by atoms with Gasteiger partial charge in [0.2, 0.25) is 0 Å². The van der Waals surface area contributed by atoms with Crippen LogP contribution in [-0.4, -0.2) is 13.2 Å². The number of hydrogen-bond donors (Lipinski definition) is 1. The lowest BCUT2D eigenvalue weighted by Gasteiger charge is -2.21. The molecule has 20 heavy (non-hydrogen) atoms. The molecule has 0 heterocycles. The van der Waals surface area contributed by atoms with E-state index in [2.05, 4.69) is 50.4 Å². The first-order chi connectivity index (χ1) is 9.69. The van der Waals surface area contributed by atoms with E-state index in [1.807, 2.05) is 7.05 Å². The molecule has 114 valence electrons. The summed E-state index contributed by atoms with van der Waals surface area (Å²) in [4.78, 5) is 0. The quantitative estimate of drug-likeness (QED) is 0.601. The molecule has 1 aromatic carbocycles. The van der Waals surface area contributed by atoms with Gasteiger partial charge in [0.25, 0.3) is 0 Å². The third kappa shape index (κ3) is 5.96. The highest BCUT2D eigenvalue weighted by molar-refractivity contribution is 5.36. The van der Waals surface area contributed by atoms with Gasteiger partial charge in [-0.15, -0.1) is 0 Å². The van der Waals surface area contributed by atoms with Gasteiger partial charge in [-0.3, -0.25) is 0 Å². The second-order valence-electron chi connectivity index (χ2n) is 5.75. The lowest BCUT2D eigenvalue weighted by molar-refractivity contribution is 0.237. The molecular formula is C18H31NO. The van der Waals surface area contributed by atoms with Crippen molar-refractivity contribution in [1.82, 2.24) is 5.32 Å². The summed E-state index contributed by atoms with van der Waals surface area (Å²) >= 11 is 0. The predicted octanol–water partition coefficient (Wildman–Crippen LogP) is 5.09. The predicted molar refractivity (Wildman–Crippen MR) is 87.4 cm³/mol. The van der Waals surface area contributed by atoms with Crippen LogP contribution in [-0.2, 0) is 0 Å². The van der Waals surface area contributed by atoms with E-state index in [-0.39, 0.29) is 6.10 Å². The first-order valence-electron chi connectivity index (χ1n) is 8.11. The average Bonchev–Trinajstić information content (AvgIpc) is 2.43. The van der Waals surface area contributed by atoms with Crippen LogP contribution >= 0.6 is 0 Å². The number of hydrogen-bond acceptors (Lipinski definition) is 2. The normalized spacial score (nSPS) is 12.7.